The average molecular weight is 508 g/mol. The molecule has 1 saturated heterocycles. The molecular weight excluding hydrogens is 483 g/mol. The lowest BCUT2D eigenvalue weighted by atomic mass is 10.0. The Morgan fingerprint density at radius 3 is 2.66 bits per heavy atom. The number of esters is 1. The number of thiophene rings is 1. The van der Waals surface area contributed by atoms with Gasteiger partial charge in [-0.3, -0.25) is 4.79 Å². The average Bonchev–Trinajstić information content (AvgIpc) is 3.37. The Bertz CT molecular complexity index is 1200. The van der Waals surface area contributed by atoms with Crippen LogP contribution in [-0.2, 0) is 15.7 Å². The second-order valence-corrected chi connectivity index (χ2v) is 8.77. The molecule has 3 aromatic heterocycles. The Morgan fingerprint density at radius 2 is 2.00 bits per heavy atom. The van der Waals surface area contributed by atoms with Crippen LogP contribution in [0.15, 0.2) is 35.2 Å². The number of nitrogens with zero attached hydrogens (tertiary/aromatic N) is 3. The zero-order valence-electron chi connectivity index (χ0n) is 18.9. The first-order valence-corrected chi connectivity index (χ1v) is 12.0. The van der Waals surface area contributed by atoms with Crippen molar-refractivity contribution in [3.63, 3.8) is 0 Å². The van der Waals surface area contributed by atoms with E-state index in [0.717, 1.165) is 11.6 Å². The van der Waals surface area contributed by atoms with Crippen LogP contribution in [0.5, 0.6) is 0 Å². The molecule has 2 N–H and O–H groups in total. The van der Waals surface area contributed by atoms with Crippen molar-refractivity contribution in [1.29, 1.82) is 0 Å². The molecule has 2 amide bonds. The summed E-state index contributed by atoms with van der Waals surface area (Å²) in [6.45, 7) is 2.65. The summed E-state index contributed by atoms with van der Waals surface area (Å²) in [6.07, 6.45) is -1.80. The molecule has 0 unspecified atom stereocenters. The Labute approximate surface area is 203 Å². The minimum Gasteiger partial charge on any atom is -0.465 e. The highest BCUT2D eigenvalue weighted by Gasteiger charge is 2.33. The van der Waals surface area contributed by atoms with Crippen LogP contribution >= 0.6 is 11.3 Å². The first-order chi connectivity index (χ1) is 16.8. The topological polar surface area (TPSA) is 96.5 Å². The molecule has 186 valence electrons. The maximum Gasteiger partial charge on any atom is 0.433 e. The van der Waals surface area contributed by atoms with Crippen molar-refractivity contribution in [2.24, 2.45) is 0 Å². The summed E-state index contributed by atoms with van der Waals surface area (Å²) in [5.74, 6) is -0.0473. The van der Waals surface area contributed by atoms with Crippen molar-refractivity contribution < 1.29 is 27.5 Å². The molecule has 4 rings (SSSR count). The standard InChI is InChI=1S/C23H24F3N5O3S/c1-2-34-19(32)12-28-22(33)31-8-5-15(6-9-31)29-21-16-3-4-18(23(24,25)26)30-20(16)17(11-27-21)14-7-10-35-13-14/h3-4,7,10-11,13,15H,2,5-6,8-9,12H2,1H3,(H,27,29)(H,28,33). The van der Waals surface area contributed by atoms with Crippen molar-refractivity contribution in [3.8, 4) is 11.1 Å². The van der Waals surface area contributed by atoms with E-state index in [1.54, 1.807) is 11.8 Å². The minimum atomic E-state index is -4.56. The largest absolute Gasteiger partial charge is 0.465 e. The molecule has 0 aliphatic carbocycles. The van der Waals surface area contributed by atoms with Crippen LogP contribution in [0.2, 0.25) is 0 Å². The normalized spacial score (nSPS) is 14.7. The molecule has 0 aromatic carbocycles. The lowest BCUT2D eigenvalue weighted by molar-refractivity contribution is -0.142. The molecule has 0 saturated carbocycles. The van der Waals surface area contributed by atoms with Gasteiger partial charge in [-0.2, -0.15) is 24.5 Å². The number of amides is 2. The number of halogens is 3. The molecular formula is C23H24F3N5O3S. The number of nitrogens with one attached hydrogen (secondary N) is 2. The van der Waals surface area contributed by atoms with E-state index in [9.17, 15) is 22.8 Å². The van der Waals surface area contributed by atoms with Gasteiger partial charge in [0, 0.05) is 36.3 Å². The van der Waals surface area contributed by atoms with Gasteiger partial charge >= 0.3 is 18.2 Å². The lowest BCUT2D eigenvalue weighted by Crippen LogP contribution is -2.48. The summed E-state index contributed by atoms with van der Waals surface area (Å²) in [5, 5.41) is 10.0. The van der Waals surface area contributed by atoms with Gasteiger partial charge in [-0.1, -0.05) is 0 Å². The van der Waals surface area contributed by atoms with Crippen LogP contribution in [0.3, 0.4) is 0 Å². The highest BCUT2D eigenvalue weighted by molar-refractivity contribution is 7.08. The first-order valence-electron chi connectivity index (χ1n) is 11.1. The molecule has 0 bridgehead atoms. The maximum atomic E-state index is 13.3. The number of pyridine rings is 2. The number of aromatic nitrogens is 2. The van der Waals surface area contributed by atoms with Gasteiger partial charge in [0.15, 0.2) is 0 Å². The van der Waals surface area contributed by atoms with Crippen LogP contribution in [-0.4, -0.2) is 59.2 Å². The molecule has 1 aliphatic rings. The monoisotopic (exact) mass is 507 g/mol. The fourth-order valence-corrected chi connectivity index (χ4v) is 4.56. The van der Waals surface area contributed by atoms with Crippen LogP contribution < -0.4 is 10.6 Å². The molecule has 8 nitrogen and oxygen atoms in total. The smallest absolute Gasteiger partial charge is 0.433 e. The number of likely N-dealkylation sites (tertiary alicyclic amines) is 1. The van der Waals surface area contributed by atoms with Gasteiger partial charge in [-0.25, -0.2) is 14.8 Å². The first kappa shape index (κ1) is 24.7. The molecule has 4 heterocycles. The highest BCUT2D eigenvalue weighted by atomic mass is 32.1. The van der Waals surface area contributed by atoms with Crippen molar-refractivity contribution in [2.45, 2.75) is 32.0 Å². The Balaban J connectivity index is 1.48. The van der Waals surface area contributed by atoms with E-state index in [0.29, 0.717) is 42.7 Å². The SMILES string of the molecule is CCOC(=O)CNC(=O)N1CCC(Nc2ncc(-c3ccsc3)c3nc(C(F)(F)F)ccc23)CC1. The number of alkyl halides is 3. The van der Waals surface area contributed by atoms with E-state index in [-0.39, 0.29) is 30.7 Å². The number of fused-ring (bicyclic) bond motifs is 1. The van der Waals surface area contributed by atoms with Crippen molar-refractivity contribution in [2.75, 3.05) is 31.6 Å². The summed E-state index contributed by atoms with van der Waals surface area (Å²) >= 11 is 1.44. The van der Waals surface area contributed by atoms with Crippen LogP contribution in [0.1, 0.15) is 25.5 Å². The van der Waals surface area contributed by atoms with Crippen LogP contribution in [0.4, 0.5) is 23.8 Å². The summed E-state index contributed by atoms with van der Waals surface area (Å²) in [6, 6.07) is 3.80. The zero-order valence-corrected chi connectivity index (χ0v) is 19.7. The van der Waals surface area contributed by atoms with Gasteiger partial charge in [-0.05, 0) is 54.3 Å². The number of carbonyl (C=O) groups is 2. The van der Waals surface area contributed by atoms with Gasteiger partial charge in [-0.15, -0.1) is 0 Å². The number of rotatable bonds is 6. The van der Waals surface area contributed by atoms with E-state index in [1.165, 1.54) is 23.6 Å². The number of urea groups is 1. The van der Waals surface area contributed by atoms with Crippen molar-refractivity contribution in [3.05, 3.63) is 40.8 Å². The molecule has 1 fully saturated rings. The summed E-state index contributed by atoms with van der Waals surface area (Å²) in [5.41, 5.74) is 0.561. The van der Waals surface area contributed by atoms with E-state index in [4.69, 9.17) is 4.74 Å². The van der Waals surface area contributed by atoms with Gasteiger partial charge in [0.05, 0.1) is 12.1 Å². The summed E-state index contributed by atoms with van der Waals surface area (Å²) < 4.78 is 44.8. The quantitative estimate of drug-likeness (QED) is 0.476. The van der Waals surface area contributed by atoms with E-state index in [1.807, 2.05) is 16.8 Å². The highest BCUT2D eigenvalue weighted by Crippen LogP contribution is 2.35. The molecule has 0 radical (unpaired) electrons. The molecule has 35 heavy (non-hydrogen) atoms. The fraction of sp³-hybridized carbons (Fsp3) is 0.391. The van der Waals surface area contributed by atoms with Gasteiger partial charge in [0.25, 0.3) is 0 Å². The third kappa shape index (κ3) is 5.81. The molecule has 12 heteroatoms. The molecule has 0 spiro atoms. The minimum absolute atomic E-state index is 0.0332. The van der Waals surface area contributed by atoms with Crippen LogP contribution in [0, 0.1) is 0 Å². The van der Waals surface area contributed by atoms with Crippen LogP contribution in [0.25, 0.3) is 22.0 Å². The zero-order chi connectivity index (χ0) is 25.0. The summed E-state index contributed by atoms with van der Waals surface area (Å²) in [7, 11) is 0. The second-order valence-electron chi connectivity index (χ2n) is 7.99. The number of anilines is 1. The Hall–Kier alpha value is -3.41. The molecule has 3 aromatic rings. The molecule has 0 atom stereocenters. The van der Waals surface area contributed by atoms with Crippen molar-refractivity contribution in [1.82, 2.24) is 20.2 Å². The van der Waals surface area contributed by atoms with E-state index >= 15 is 0 Å². The fourth-order valence-electron chi connectivity index (χ4n) is 3.91. The lowest BCUT2D eigenvalue weighted by Gasteiger charge is -2.32. The molecule has 1 aliphatic heterocycles. The third-order valence-electron chi connectivity index (χ3n) is 5.66. The van der Waals surface area contributed by atoms with Crippen molar-refractivity contribution >= 4 is 40.1 Å². The number of ether oxygens (including phenoxy) is 1. The van der Waals surface area contributed by atoms with Gasteiger partial charge < -0.3 is 20.3 Å². The predicted octanol–water partition coefficient (Wildman–Crippen LogP) is 4.53. The maximum absolute atomic E-state index is 13.3. The Morgan fingerprint density at radius 1 is 1.23 bits per heavy atom. The van der Waals surface area contributed by atoms with E-state index in [2.05, 4.69) is 20.6 Å². The van der Waals surface area contributed by atoms with E-state index < -0.39 is 17.8 Å². The third-order valence-corrected chi connectivity index (χ3v) is 6.35. The number of piperidine rings is 1. The number of hydrogen-bond donors (Lipinski definition) is 2. The predicted molar refractivity (Wildman–Crippen MR) is 126 cm³/mol. The second kappa shape index (κ2) is 10.5. The number of carbonyl (C=O) groups excluding carboxylic acids is 2. The Kier molecular flexibility index (Phi) is 7.39. The van der Waals surface area contributed by atoms with Gasteiger partial charge in [0.2, 0.25) is 0 Å². The summed E-state index contributed by atoms with van der Waals surface area (Å²) in [4.78, 5) is 33.8. The van der Waals surface area contributed by atoms with Gasteiger partial charge in [0.1, 0.15) is 18.1 Å². The number of hydrogen-bond acceptors (Lipinski definition) is 7.